The number of allylic oxidation sites excluding steroid dienone is 1. The molecule has 0 bridgehead atoms. The molecule has 0 unspecified atom stereocenters. The zero-order valence-corrected chi connectivity index (χ0v) is 18.6. The van der Waals surface area contributed by atoms with Crippen molar-refractivity contribution in [3.05, 3.63) is 99.1 Å². The molecule has 3 aromatic carbocycles. The largest absolute Gasteiger partial charge is 0.508 e. The van der Waals surface area contributed by atoms with Gasteiger partial charge in [0.2, 0.25) is 0 Å². The van der Waals surface area contributed by atoms with Crippen molar-refractivity contribution in [1.82, 2.24) is 0 Å². The van der Waals surface area contributed by atoms with Crippen LogP contribution < -0.4 is 9.47 Å². The summed E-state index contributed by atoms with van der Waals surface area (Å²) in [6.07, 6.45) is 3.57. The smallest absolute Gasteiger partial charge is 0.269 e. The lowest BCUT2D eigenvalue weighted by atomic mass is 10.0. The van der Waals surface area contributed by atoms with Gasteiger partial charge in [-0.2, -0.15) is 0 Å². The Morgan fingerprint density at radius 1 is 1.09 bits per heavy atom. The van der Waals surface area contributed by atoms with E-state index >= 15 is 0 Å². The molecule has 0 saturated heterocycles. The summed E-state index contributed by atoms with van der Waals surface area (Å²) in [5, 5.41) is 20.6. The number of phenols is 1. The van der Waals surface area contributed by atoms with E-state index in [1.807, 2.05) is 0 Å². The van der Waals surface area contributed by atoms with Gasteiger partial charge in [-0.25, -0.2) is 0 Å². The number of non-ortho nitro benzene ring substituents is 1. The van der Waals surface area contributed by atoms with Crippen LogP contribution in [0.1, 0.15) is 27.0 Å². The van der Waals surface area contributed by atoms with E-state index in [4.69, 9.17) is 21.1 Å². The van der Waals surface area contributed by atoms with E-state index in [0.29, 0.717) is 34.9 Å². The number of carbonyl (C=O) groups excluding carboxylic acids is 1. The summed E-state index contributed by atoms with van der Waals surface area (Å²) in [7, 11) is 1.52. The number of aryl methyl sites for hydroxylation is 1. The highest BCUT2D eigenvalue weighted by molar-refractivity contribution is 6.18. The minimum atomic E-state index is -0.457. The predicted octanol–water partition coefficient (Wildman–Crippen LogP) is 5.57. The van der Waals surface area contributed by atoms with E-state index in [2.05, 4.69) is 0 Å². The summed E-state index contributed by atoms with van der Waals surface area (Å²) in [5.74, 6) is 1.23. The minimum absolute atomic E-state index is 0.0107. The van der Waals surface area contributed by atoms with E-state index in [9.17, 15) is 20.0 Å². The lowest BCUT2D eigenvalue weighted by Gasteiger charge is -2.11. The summed E-state index contributed by atoms with van der Waals surface area (Å²) in [4.78, 5) is 22.9. The van der Waals surface area contributed by atoms with Gasteiger partial charge in [-0.1, -0.05) is 12.1 Å². The summed E-state index contributed by atoms with van der Waals surface area (Å²) in [5.41, 5.74) is 2.57. The zero-order chi connectivity index (χ0) is 23.8. The molecule has 0 radical (unpaired) electrons. The number of rotatable bonds is 10. The molecule has 0 aliphatic carbocycles. The molecule has 3 aromatic rings. The number of nitrogens with zero attached hydrogens (tertiary/aromatic N) is 1. The van der Waals surface area contributed by atoms with Gasteiger partial charge in [0.1, 0.15) is 12.4 Å². The second kappa shape index (κ2) is 11.2. The summed E-state index contributed by atoms with van der Waals surface area (Å²) in [6, 6.07) is 16.0. The zero-order valence-electron chi connectivity index (χ0n) is 17.9. The first-order chi connectivity index (χ1) is 15.9. The lowest BCUT2D eigenvalue weighted by molar-refractivity contribution is -0.384. The fraction of sp³-hybridized carbons (Fsp3) is 0.160. The minimum Gasteiger partial charge on any atom is -0.508 e. The molecule has 170 valence electrons. The number of phenolic OH excluding ortho intramolecular Hbond substituents is 1. The number of hydrogen-bond donors (Lipinski definition) is 1. The third kappa shape index (κ3) is 6.33. The Balaban J connectivity index is 1.73. The normalized spacial score (nSPS) is 10.8. The Labute approximate surface area is 196 Å². The van der Waals surface area contributed by atoms with Gasteiger partial charge in [-0.05, 0) is 71.7 Å². The number of methoxy groups -OCH3 is 1. The van der Waals surface area contributed by atoms with E-state index in [0.717, 1.165) is 11.1 Å². The number of nitro benzene ring substituents is 1. The summed E-state index contributed by atoms with van der Waals surface area (Å²) < 4.78 is 11.2. The van der Waals surface area contributed by atoms with E-state index in [1.165, 1.54) is 31.4 Å². The van der Waals surface area contributed by atoms with Gasteiger partial charge < -0.3 is 14.6 Å². The molecule has 0 fully saturated rings. The Bertz CT molecular complexity index is 1170. The van der Waals surface area contributed by atoms with Gasteiger partial charge in [-0.3, -0.25) is 14.9 Å². The van der Waals surface area contributed by atoms with Crippen LogP contribution in [0.5, 0.6) is 17.2 Å². The Hall–Kier alpha value is -3.84. The highest BCUT2D eigenvalue weighted by atomic mass is 35.5. The molecule has 0 aromatic heterocycles. The van der Waals surface area contributed by atoms with Crippen molar-refractivity contribution in [1.29, 1.82) is 0 Å². The molecule has 0 atom stereocenters. The molecular weight excluding hydrogens is 446 g/mol. The Morgan fingerprint density at radius 2 is 1.85 bits per heavy atom. The Morgan fingerprint density at radius 3 is 2.52 bits per heavy atom. The van der Waals surface area contributed by atoms with Crippen LogP contribution in [0.25, 0.3) is 6.08 Å². The van der Waals surface area contributed by atoms with E-state index < -0.39 is 4.92 Å². The highest BCUT2D eigenvalue weighted by Gasteiger charge is 2.09. The molecule has 7 nitrogen and oxygen atoms in total. The molecule has 33 heavy (non-hydrogen) atoms. The topological polar surface area (TPSA) is 98.9 Å². The van der Waals surface area contributed by atoms with Crippen LogP contribution in [0.2, 0.25) is 0 Å². The molecule has 3 rings (SSSR count). The van der Waals surface area contributed by atoms with Crippen molar-refractivity contribution >= 4 is 29.1 Å². The standard InChI is InChI=1S/C25H22ClNO6/c1-32-24-11-5-17(4-9-22(28)19-6-10-23(29)20(15-19)12-13-26)14-25(24)33-16-18-2-7-21(8-3-18)27(30)31/h2-11,14-15,29H,12-13,16H2,1H3. The Kier molecular flexibility index (Phi) is 8.05. The number of halogens is 1. The van der Waals surface area contributed by atoms with Gasteiger partial charge in [0, 0.05) is 23.6 Å². The quantitative estimate of drug-likeness (QED) is 0.138. The van der Waals surface area contributed by atoms with Gasteiger partial charge in [0.05, 0.1) is 12.0 Å². The summed E-state index contributed by atoms with van der Waals surface area (Å²) in [6.45, 7) is 0.192. The molecule has 0 saturated carbocycles. The van der Waals surface area contributed by atoms with Gasteiger partial charge in [0.15, 0.2) is 17.3 Å². The first-order valence-corrected chi connectivity index (χ1v) is 10.6. The van der Waals surface area contributed by atoms with Crippen LogP contribution in [0, 0.1) is 10.1 Å². The van der Waals surface area contributed by atoms with Gasteiger partial charge >= 0.3 is 0 Å². The maximum absolute atomic E-state index is 12.6. The van der Waals surface area contributed by atoms with Crippen LogP contribution >= 0.6 is 11.6 Å². The number of nitro groups is 1. The monoisotopic (exact) mass is 467 g/mol. The van der Waals surface area contributed by atoms with Gasteiger partial charge in [0.25, 0.3) is 5.69 Å². The molecule has 1 N–H and O–H groups in total. The van der Waals surface area contributed by atoms with Crippen LogP contribution in [0.15, 0.2) is 66.7 Å². The van der Waals surface area contributed by atoms with Crippen LogP contribution in [0.3, 0.4) is 0 Å². The maximum atomic E-state index is 12.6. The van der Waals surface area contributed by atoms with Crippen LogP contribution in [-0.2, 0) is 13.0 Å². The summed E-state index contributed by atoms with van der Waals surface area (Å²) >= 11 is 5.75. The number of ether oxygens (including phenoxy) is 2. The van der Waals surface area contributed by atoms with Crippen LogP contribution in [0.4, 0.5) is 5.69 Å². The van der Waals surface area contributed by atoms with Gasteiger partial charge in [-0.15, -0.1) is 11.6 Å². The predicted molar refractivity (Wildman–Crippen MR) is 126 cm³/mol. The molecule has 0 aliphatic heterocycles. The second-order valence-corrected chi connectivity index (χ2v) is 7.48. The maximum Gasteiger partial charge on any atom is 0.269 e. The van der Waals surface area contributed by atoms with Crippen LogP contribution in [-0.4, -0.2) is 28.8 Å². The van der Waals surface area contributed by atoms with Crippen molar-refractivity contribution in [2.24, 2.45) is 0 Å². The fourth-order valence-electron chi connectivity index (χ4n) is 3.09. The van der Waals surface area contributed by atoms with Crippen molar-refractivity contribution in [2.75, 3.05) is 13.0 Å². The number of aromatic hydroxyl groups is 1. The third-order valence-electron chi connectivity index (χ3n) is 4.88. The van der Waals surface area contributed by atoms with Crippen molar-refractivity contribution in [3.8, 4) is 17.2 Å². The highest BCUT2D eigenvalue weighted by Crippen LogP contribution is 2.30. The molecule has 8 heteroatoms. The number of alkyl halides is 1. The molecule has 0 aliphatic rings. The lowest BCUT2D eigenvalue weighted by Crippen LogP contribution is -1.99. The number of ketones is 1. The molecular formula is C25H22ClNO6. The SMILES string of the molecule is COc1ccc(C=CC(=O)c2ccc(O)c(CCCl)c2)cc1OCc1ccc([N+](=O)[O-])cc1. The molecule has 0 heterocycles. The van der Waals surface area contributed by atoms with Crippen molar-refractivity contribution < 1.29 is 24.3 Å². The van der Waals surface area contributed by atoms with Crippen molar-refractivity contribution in [2.45, 2.75) is 13.0 Å². The first-order valence-electron chi connectivity index (χ1n) is 10.1. The number of hydrogen-bond acceptors (Lipinski definition) is 6. The molecule has 0 amide bonds. The molecule has 0 spiro atoms. The number of benzene rings is 3. The van der Waals surface area contributed by atoms with E-state index in [-0.39, 0.29) is 23.8 Å². The third-order valence-corrected chi connectivity index (χ3v) is 5.07. The average molecular weight is 468 g/mol. The fourth-order valence-corrected chi connectivity index (χ4v) is 3.30. The van der Waals surface area contributed by atoms with Crippen molar-refractivity contribution in [3.63, 3.8) is 0 Å². The average Bonchev–Trinajstić information content (AvgIpc) is 2.83. The second-order valence-electron chi connectivity index (χ2n) is 7.10. The first kappa shape index (κ1) is 23.8. The number of carbonyl (C=O) groups is 1. The van der Waals surface area contributed by atoms with E-state index in [1.54, 1.807) is 48.5 Å².